The van der Waals surface area contributed by atoms with Crippen LogP contribution in [-0.4, -0.2) is 11.7 Å². The summed E-state index contributed by atoms with van der Waals surface area (Å²) in [5.41, 5.74) is 8.31. The fourth-order valence-electron chi connectivity index (χ4n) is 6.95. The average molecular weight is 713 g/mol. The molecule has 0 spiro atoms. The number of phenolic OH excluding ortho intramolecular Hbond substituents is 1. The van der Waals surface area contributed by atoms with Gasteiger partial charge in [0.2, 0.25) is 0 Å². The number of aromatic hydroxyl groups is 1. The van der Waals surface area contributed by atoms with Gasteiger partial charge in [0.05, 0.1) is 6.61 Å². The number of allylic oxidation sites excluding steroid dienone is 10. The molecule has 53 heavy (non-hydrogen) atoms. The minimum absolute atomic E-state index is 0.00162. The lowest BCUT2D eigenvalue weighted by molar-refractivity contribution is 0.303. The maximum absolute atomic E-state index is 9.79. The molecule has 3 aromatic rings. The highest BCUT2D eigenvalue weighted by atomic mass is 16.5. The maximum atomic E-state index is 9.79. The molecular weight excluding hydrogens is 649 g/mol. The lowest BCUT2D eigenvalue weighted by Crippen LogP contribution is -2.25. The second-order valence-corrected chi connectivity index (χ2v) is 15.3. The van der Waals surface area contributed by atoms with Gasteiger partial charge in [-0.2, -0.15) is 0 Å². The van der Waals surface area contributed by atoms with Gasteiger partial charge in [0.25, 0.3) is 0 Å². The van der Waals surface area contributed by atoms with E-state index >= 15 is 0 Å². The highest BCUT2D eigenvalue weighted by Crippen LogP contribution is 2.46. The second kappa shape index (κ2) is 19.9. The predicted molar refractivity (Wildman–Crippen MR) is 229 cm³/mol. The number of phenols is 1. The summed E-state index contributed by atoms with van der Waals surface area (Å²) in [4.78, 5) is 0. The molecule has 3 aromatic carbocycles. The van der Waals surface area contributed by atoms with E-state index in [-0.39, 0.29) is 10.8 Å². The summed E-state index contributed by atoms with van der Waals surface area (Å²) in [6.45, 7) is 18.9. The molecule has 3 unspecified atom stereocenters. The smallest absolute Gasteiger partial charge is 0.119 e. The number of hydrogen-bond acceptors (Lipinski definition) is 4. The van der Waals surface area contributed by atoms with Gasteiger partial charge in [0.1, 0.15) is 11.5 Å². The molecule has 0 amide bonds. The Bertz CT molecular complexity index is 1750. The van der Waals surface area contributed by atoms with Gasteiger partial charge in [-0.25, -0.2) is 0 Å². The highest BCUT2D eigenvalue weighted by molar-refractivity contribution is 5.60. The Morgan fingerprint density at radius 1 is 0.849 bits per heavy atom. The van der Waals surface area contributed by atoms with E-state index in [2.05, 4.69) is 169 Å². The standard InChI is InChI=1S/C49H64N2O2/c1-9-13-16-36-53-46-34-24-39(25-35-46)47(48(6,7)11-3)21-15-14-19-41(10-2)50-43-28-30-44(31-29-43)51-42-20-17-18-40(26-27-42)49(8,12-4)37(5)38-22-32-45(52)33-23-38/h10,14-15,17-25,27-35,37,47,50-52H,9,11-13,16,26,36H2,1-8H3/b19-14-,21-15+,41-10+. The van der Waals surface area contributed by atoms with Crippen molar-refractivity contribution in [2.24, 2.45) is 10.8 Å². The monoisotopic (exact) mass is 712 g/mol. The molecule has 0 saturated carbocycles. The van der Waals surface area contributed by atoms with Crippen LogP contribution in [0.25, 0.3) is 0 Å². The summed E-state index contributed by atoms with van der Waals surface area (Å²) in [5, 5.41) is 17.0. The summed E-state index contributed by atoms with van der Waals surface area (Å²) < 4.78 is 5.97. The Balaban J connectivity index is 1.34. The number of anilines is 2. The molecule has 0 radical (unpaired) electrons. The second-order valence-electron chi connectivity index (χ2n) is 15.3. The van der Waals surface area contributed by atoms with Crippen LogP contribution in [0.2, 0.25) is 0 Å². The Morgan fingerprint density at radius 3 is 2.17 bits per heavy atom. The Kier molecular flexibility index (Phi) is 15.5. The van der Waals surface area contributed by atoms with Crippen molar-refractivity contribution in [3.63, 3.8) is 0 Å². The molecule has 0 heterocycles. The molecule has 0 aromatic heterocycles. The molecule has 4 heteroatoms. The number of ether oxygens (including phenoxy) is 1. The first-order valence-corrected chi connectivity index (χ1v) is 19.8. The SMILES string of the molecule is C\C=C(/C=C\C=C\C(c1ccc(OCCCCC)cc1)C(C)(C)CC)Nc1ccc(NC2=CCC(C(C)(CC)C(C)c3ccc(O)cc3)=CC=C2)cc1. The van der Waals surface area contributed by atoms with Crippen molar-refractivity contribution in [1.29, 1.82) is 0 Å². The number of nitrogens with one attached hydrogen (secondary N) is 2. The predicted octanol–water partition coefficient (Wildman–Crippen LogP) is 14.0. The highest BCUT2D eigenvalue weighted by Gasteiger charge is 2.34. The van der Waals surface area contributed by atoms with Crippen LogP contribution in [0, 0.1) is 10.8 Å². The molecule has 4 rings (SSSR count). The van der Waals surface area contributed by atoms with E-state index in [1.54, 1.807) is 12.1 Å². The van der Waals surface area contributed by atoms with E-state index in [4.69, 9.17) is 4.74 Å². The van der Waals surface area contributed by atoms with Crippen molar-refractivity contribution in [3.8, 4) is 11.5 Å². The van der Waals surface area contributed by atoms with Crippen LogP contribution in [-0.2, 0) is 0 Å². The van der Waals surface area contributed by atoms with Gasteiger partial charge in [0, 0.05) is 28.7 Å². The number of rotatable bonds is 19. The van der Waals surface area contributed by atoms with Crippen molar-refractivity contribution in [1.82, 2.24) is 0 Å². The van der Waals surface area contributed by atoms with Gasteiger partial charge >= 0.3 is 0 Å². The lowest BCUT2D eigenvalue weighted by Gasteiger charge is -2.37. The van der Waals surface area contributed by atoms with E-state index in [0.717, 1.165) is 60.8 Å². The third kappa shape index (κ3) is 11.6. The Hall–Kier alpha value is -4.70. The first-order valence-electron chi connectivity index (χ1n) is 19.8. The molecule has 4 nitrogen and oxygen atoms in total. The summed E-state index contributed by atoms with van der Waals surface area (Å²) in [6.07, 6.45) is 26.3. The summed E-state index contributed by atoms with van der Waals surface area (Å²) in [6, 6.07) is 24.8. The fraction of sp³-hybridized carbons (Fsp3) is 0.388. The minimum atomic E-state index is -0.00162. The molecule has 282 valence electrons. The van der Waals surface area contributed by atoms with E-state index in [1.165, 1.54) is 29.5 Å². The van der Waals surface area contributed by atoms with E-state index < -0.39 is 0 Å². The number of unbranched alkanes of at least 4 members (excludes halogenated alkanes) is 2. The molecule has 3 N–H and O–H groups in total. The number of benzene rings is 3. The van der Waals surface area contributed by atoms with Gasteiger partial charge < -0.3 is 20.5 Å². The summed E-state index contributed by atoms with van der Waals surface area (Å²) >= 11 is 0. The quantitative estimate of drug-likeness (QED) is 0.0855. The first-order chi connectivity index (χ1) is 25.5. The van der Waals surface area contributed by atoms with Crippen LogP contribution in [0.3, 0.4) is 0 Å². The Labute approximate surface area is 321 Å². The summed E-state index contributed by atoms with van der Waals surface area (Å²) in [5.74, 6) is 1.87. The molecule has 0 fully saturated rings. The Morgan fingerprint density at radius 2 is 1.53 bits per heavy atom. The van der Waals surface area contributed by atoms with Crippen molar-refractivity contribution >= 4 is 11.4 Å². The molecular formula is C49H64N2O2. The zero-order valence-electron chi connectivity index (χ0n) is 33.6. The minimum Gasteiger partial charge on any atom is -0.508 e. The molecule has 0 saturated heterocycles. The largest absolute Gasteiger partial charge is 0.508 e. The third-order valence-electron chi connectivity index (χ3n) is 11.4. The van der Waals surface area contributed by atoms with Gasteiger partial charge in [0.15, 0.2) is 0 Å². The average Bonchev–Trinajstić information content (AvgIpc) is 3.42. The van der Waals surface area contributed by atoms with Crippen LogP contribution >= 0.6 is 0 Å². The molecule has 0 aliphatic heterocycles. The van der Waals surface area contributed by atoms with Crippen molar-refractivity contribution in [2.45, 2.75) is 106 Å². The lowest BCUT2D eigenvalue weighted by atomic mass is 9.67. The fourth-order valence-corrected chi connectivity index (χ4v) is 6.95. The molecule has 1 aliphatic carbocycles. The van der Waals surface area contributed by atoms with Gasteiger partial charge in [-0.05, 0) is 115 Å². The van der Waals surface area contributed by atoms with Crippen molar-refractivity contribution < 1.29 is 9.84 Å². The topological polar surface area (TPSA) is 53.5 Å². The van der Waals surface area contributed by atoms with Crippen LogP contribution in [0.15, 0.2) is 144 Å². The van der Waals surface area contributed by atoms with Crippen LogP contribution in [0.1, 0.15) is 117 Å². The van der Waals surface area contributed by atoms with E-state index in [9.17, 15) is 5.11 Å². The normalized spacial score (nSPS) is 16.1. The molecule has 1 aliphatic rings. The van der Waals surface area contributed by atoms with E-state index in [0.29, 0.717) is 17.6 Å². The summed E-state index contributed by atoms with van der Waals surface area (Å²) in [7, 11) is 0. The maximum Gasteiger partial charge on any atom is 0.119 e. The zero-order chi connectivity index (χ0) is 38.3. The number of hydrogen-bond donors (Lipinski definition) is 3. The zero-order valence-corrected chi connectivity index (χ0v) is 33.6. The van der Waals surface area contributed by atoms with Crippen molar-refractivity contribution in [3.05, 3.63) is 156 Å². The van der Waals surface area contributed by atoms with Gasteiger partial charge in [-0.15, -0.1) is 0 Å². The van der Waals surface area contributed by atoms with Gasteiger partial charge in [-0.1, -0.05) is 140 Å². The van der Waals surface area contributed by atoms with Gasteiger partial charge in [-0.3, -0.25) is 0 Å². The van der Waals surface area contributed by atoms with Crippen molar-refractivity contribution in [2.75, 3.05) is 17.2 Å². The van der Waals surface area contributed by atoms with Crippen LogP contribution in [0.4, 0.5) is 11.4 Å². The molecule has 0 bridgehead atoms. The van der Waals surface area contributed by atoms with Crippen LogP contribution in [0.5, 0.6) is 11.5 Å². The molecule has 3 atom stereocenters. The van der Waals surface area contributed by atoms with Crippen LogP contribution < -0.4 is 15.4 Å². The first kappa shape index (κ1) is 41.1. The van der Waals surface area contributed by atoms with E-state index in [1.807, 2.05) is 12.1 Å². The third-order valence-corrected chi connectivity index (χ3v) is 11.4.